The van der Waals surface area contributed by atoms with Gasteiger partial charge in [-0.2, -0.15) is 5.48 Å². The lowest BCUT2D eigenvalue weighted by Gasteiger charge is -2.33. The second-order valence-electron chi connectivity index (χ2n) is 15.4. The van der Waals surface area contributed by atoms with E-state index in [0.29, 0.717) is 46.2 Å². The van der Waals surface area contributed by atoms with Crippen molar-refractivity contribution in [1.29, 1.82) is 0 Å². The van der Waals surface area contributed by atoms with Crippen LogP contribution in [-0.4, -0.2) is 23.7 Å². The second-order valence-corrected chi connectivity index (χ2v) is 15.4. The van der Waals surface area contributed by atoms with Gasteiger partial charge in [-0.25, -0.2) is 4.99 Å². The number of carbonyl (C=O) groups is 1. The largest absolute Gasteiger partial charge is 0.457 e. The Labute approximate surface area is 312 Å². The number of hydrogen-bond acceptors (Lipinski definition) is 7. The molecule has 1 heterocycles. The number of anilines is 2. The highest BCUT2D eigenvalue weighted by atomic mass is 16.6. The van der Waals surface area contributed by atoms with Crippen molar-refractivity contribution in [2.45, 2.75) is 59.8 Å². The van der Waals surface area contributed by atoms with Gasteiger partial charge < -0.3 is 14.9 Å². The molecule has 0 atom stereocenters. The molecule has 7 heteroatoms. The van der Waals surface area contributed by atoms with Gasteiger partial charge in [0.05, 0.1) is 28.0 Å². The average Bonchev–Trinajstić information content (AvgIpc) is 3.14. The van der Waals surface area contributed by atoms with E-state index in [-0.39, 0.29) is 16.6 Å². The van der Waals surface area contributed by atoms with Gasteiger partial charge in [-0.3, -0.25) is 9.78 Å². The number of aromatic nitrogens is 1. The zero-order valence-corrected chi connectivity index (χ0v) is 31.3. The van der Waals surface area contributed by atoms with E-state index in [4.69, 9.17) is 14.6 Å². The number of rotatable bonds is 12. The summed E-state index contributed by atoms with van der Waals surface area (Å²) in [7, 11) is 0. The summed E-state index contributed by atoms with van der Waals surface area (Å²) in [5.74, 6) is 1.19. The van der Waals surface area contributed by atoms with Gasteiger partial charge in [0.2, 0.25) is 6.40 Å². The fourth-order valence-corrected chi connectivity index (χ4v) is 7.57. The van der Waals surface area contributed by atoms with E-state index < -0.39 is 0 Å². The van der Waals surface area contributed by atoms with E-state index in [9.17, 15) is 4.79 Å². The second kappa shape index (κ2) is 14.7. The molecule has 1 aliphatic rings. The first-order valence-corrected chi connectivity index (χ1v) is 18.3. The van der Waals surface area contributed by atoms with Crippen LogP contribution in [0.2, 0.25) is 0 Å². The number of ketones is 1. The summed E-state index contributed by atoms with van der Waals surface area (Å²) in [5.41, 5.74) is 10.8. The van der Waals surface area contributed by atoms with Crippen molar-refractivity contribution in [3.8, 4) is 33.9 Å². The third-order valence-electron chi connectivity index (χ3n) is 9.54. The SMILES string of the molecule is CCCNOC=Nc1ccccc1-c1ncc2c3c(c(Nc4ccccc4)cc(Oc4ccc(C(C)(C)CC(C)(C)C)cc4)c13)C(=O)c1ccccc1-2. The number of hydrogen-bond donors (Lipinski definition) is 2. The number of ether oxygens (including phenoxy) is 1. The van der Waals surface area contributed by atoms with Crippen molar-refractivity contribution in [3.05, 3.63) is 132 Å². The third-order valence-corrected chi connectivity index (χ3v) is 9.54. The van der Waals surface area contributed by atoms with Crippen LogP contribution in [-0.2, 0) is 10.3 Å². The van der Waals surface area contributed by atoms with Crippen LogP contribution in [0.4, 0.5) is 17.1 Å². The highest BCUT2D eigenvalue weighted by Gasteiger charge is 2.32. The number of benzene rings is 5. The molecular weight excluding hydrogens is 657 g/mol. The standard InChI is InChI=1S/C46H46N4O3/c1-7-25-49-52-29-48-37-20-14-13-19-35(37)43-42-39(53-32-23-21-30(22-24-32)46(5,6)28-45(2,3)4)26-38(50-31-15-9-8-10-16-31)41-40(42)36(27-47-43)33-17-11-12-18-34(33)44(41)51/h8-24,26-27,29,49-50H,7,25,28H2,1-6H3. The molecule has 2 N–H and O–H groups in total. The van der Waals surface area contributed by atoms with Crippen molar-refractivity contribution < 1.29 is 14.4 Å². The van der Waals surface area contributed by atoms with Crippen LogP contribution in [0.15, 0.2) is 120 Å². The maximum absolute atomic E-state index is 14.6. The summed E-state index contributed by atoms with van der Waals surface area (Å²) in [5, 5.41) is 5.06. The number of fused-ring (bicyclic) bond motifs is 2. The van der Waals surface area contributed by atoms with Crippen molar-refractivity contribution in [1.82, 2.24) is 10.5 Å². The number of carbonyl (C=O) groups excluding carboxylic acids is 1. The number of aliphatic imine (C=N–C) groups is 1. The van der Waals surface area contributed by atoms with Gasteiger partial charge >= 0.3 is 0 Å². The maximum Gasteiger partial charge on any atom is 0.201 e. The van der Waals surface area contributed by atoms with Crippen LogP contribution in [0, 0.1) is 5.41 Å². The minimum atomic E-state index is -0.0626. The van der Waals surface area contributed by atoms with Crippen molar-refractivity contribution in [3.63, 3.8) is 0 Å². The highest BCUT2D eigenvalue weighted by molar-refractivity contribution is 6.30. The van der Waals surface area contributed by atoms with Gasteiger partial charge in [-0.1, -0.05) is 114 Å². The molecule has 0 saturated heterocycles. The van der Waals surface area contributed by atoms with E-state index in [1.165, 1.54) is 12.0 Å². The van der Waals surface area contributed by atoms with Gasteiger partial charge in [0.15, 0.2) is 5.78 Å². The zero-order valence-electron chi connectivity index (χ0n) is 31.3. The summed E-state index contributed by atoms with van der Waals surface area (Å²) >= 11 is 0. The van der Waals surface area contributed by atoms with Gasteiger partial charge in [-0.05, 0) is 65.1 Å². The number of nitrogens with zero attached hydrogens (tertiary/aromatic N) is 2. The van der Waals surface area contributed by atoms with Gasteiger partial charge in [-0.15, -0.1) is 0 Å². The number of pyridine rings is 1. The monoisotopic (exact) mass is 702 g/mol. The maximum atomic E-state index is 14.6. The molecule has 0 fully saturated rings. The lowest BCUT2D eigenvalue weighted by atomic mass is 9.72. The molecule has 0 amide bonds. The topological polar surface area (TPSA) is 84.8 Å². The molecule has 0 spiro atoms. The normalized spacial score (nSPS) is 12.6. The van der Waals surface area contributed by atoms with E-state index >= 15 is 0 Å². The Hall–Kier alpha value is -5.79. The predicted molar refractivity (Wildman–Crippen MR) is 217 cm³/mol. The smallest absolute Gasteiger partial charge is 0.201 e. The molecule has 1 aliphatic carbocycles. The van der Waals surface area contributed by atoms with E-state index in [2.05, 4.69) is 69.5 Å². The lowest BCUT2D eigenvalue weighted by Crippen LogP contribution is -2.24. The minimum Gasteiger partial charge on any atom is -0.457 e. The number of hydroxylamine groups is 1. The molecule has 0 unspecified atom stereocenters. The molecule has 0 aliphatic heterocycles. The van der Waals surface area contributed by atoms with E-state index in [0.717, 1.165) is 46.0 Å². The summed E-state index contributed by atoms with van der Waals surface area (Å²) in [6.45, 7) is 14.2. The van der Waals surface area contributed by atoms with Crippen LogP contribution < -0.4 is 15.5 Å². The summed E-state index contributed by atoms with van der Waals surface area (Å²) in [6, 6.07) is 35.7. The Balaban J connectivity index is 1.46. The van der Waals surface area contributed by atoms with Crippen molar-refractivity contribution >= 4 is 40.0 Å². The quantitative estimate of drug-likeness (QED) is 0.0571. The van der Waals surface area contributed by atoms with Gasteiger partial charge in [0.1, 0.15) is 11.5 Å². The van der Waals surface area contributed by atoms with Gasteiger partial charge in [0.25, 0.3) is 0 Å². The number of para-hydroxylation sites is 2. The third kappa shape index (κ3) is 7.44. The van der Waals surface area contributed by atoms with E-state index in [1.807, 2.05) is 103 Å². The van der Waals surface area contributed by atoms with Crippen molar-refractivity contribution in [2.75, 3.05) is 11.9 Å². The van der Waals surface area contributed by atoms with Crippen LogP contribution in [0.3, 0.4) is 0 Å². The van der Waals surface area contributed by atoms with Crippen LogP contribution >= 0.6 is 0 Å². The Kier molecular flexibility index (Phi) is 9.86. The first-order chi connectivity index (χ1) is 25.5. The van der Waals surface area contributed by atoms with Crippen molar-refractivity contribution in [2.24, 2.45) is 10.4 Å². The Morgan fingerprint density at radius 1 is 0.774 bits per heavy atom. The molecule has 0 radical (unpaired) electrons. The first-order valence-electron chi connectivity index (χ1n) is 18.3. The summed E-state index contributed by atoms with van der Waals surface area (Å²) < 4.78 is 6.90. The molecular formula is C46H46N4O3. The Bertz CT molecular complexity index is 2310. The Morgan fingerprint density at radius 2 is 1.45 bits per heavy atom. The van der Waals surface area contributed by atoms with Crippen LogP contribution in [0.1, 0.15) is 75.9 Å². The molecule has 53 heavy (non-hydrogen) atoms. The average molecular weight is 703 g/mol. The highest BCUT2D eigenvalue weighted by Crippen LogP contribution is 2.50. The van der Waals surface area contributed by atoms with E-state index in [1.54, 1.807) is 0 Å². The fraction of sp³-hybridized carbons (Fsp3) is 0.239. The van der Waals surface area contributed by atoms with Crippen LogP contribution in [0.25, 0.3) is 33.2 Å². The first kappa shape index (κ1) is 35.6. The molecule has 7 rings (SSSR count). The van der Waals surface area contributed by atoms with Crippen LogP contribution in [0.5, 0.6) is 11.5 Å². The predicted octanol–water partition coefficient (Wildman–Crippen LogP) is 12.0. The molecule has 1 aromatic heterocycles. The summed E-state index contributed by atoms with van der Waals surface area (Å²) in [6.07, 6.45) is 5.24. The molecule has 5 aromatic carbocycles. The number of nitrogens with one attached hydrogen (secondary N) is 2. The van der Waals surface area contributed by atoms with Gasteiger partial charge in [0, 0.05) is 46.6 Å². The Morgan fingerprint density at radius 3 is 2.17 bits per heavy atom. The fourth-order valence-electron chi connectivity index (χ4n) is 7.57. The lowest BCUT2D eigenvalue weighted by molar-refractivity contribution is 0.104. The molecule has 0 bridgehead atoms. The molecule has 268 valence electrons. The molecule has 7 nitrogen and oxygen atoms in total. The minimum absolute atomic E-state index is 0.0192. The molecule has 6 aromatic rings. The zero-order chi connectivity index (χ0) is 37.2. The summed E-state index contributed by atoms with van der Waals surface area (Å²) in [4.78, 5) is 29.9. The molecule has 0 saturated carbocycles.